The van der Waals surface area contributed by atoms with Crippen LogP contribution in [0.1, 0.15) is 0 Å². The van der Waals surface area contributed by atoms with Gasteiger partial charge >= 0.3 is 10.6 Å². The van der Waals surface area contributed by atoms with Crippen molar-refractivity contribution in [1.82, 2.24) is 0 Å². The maximum absolute atomic E-state index is 11.7. The van der Waals surface area contributed by atoms with Gasteiger partial charge in [-0.2, -0.15) is 17.6 Å². The van der Waals surface area contributed by atoms with E-state index in [1.165, 1.54) is 0 Å². The van der Waals surface area contributed by atoms with Gasteiger partial charge in [0.15, 0.2) is 11.0 Å². The van der Waals surface area contributed by atoms with Gasteiger partial charge in [0.25, 0.3) is 0 Å². The zero-order valence-corrected chi connectivity index (χ0v) is 5.86. The van der Waals surface area contributed by atoms with Crippen LogP contribution in [0.2, 0.25) is 0 Å². The minimum atomic E-state index is -4.88. The molecule has 0 aromatic carbocycles. The van der Waals surface area contributed by atoms with Crippen molar-refractivity contribution in [2.75, 3.05) is 0 Å². The Kier molecular flexibility index (Phi) is 2.66. The summed E-state index contributed by atoms with van der Waals surface area (Å²) in [6.07, 6.45) is 0. The molecule has 0 heterocycles. The summed E-state index contributed by atoms with van der Waals surface area (Å²) >= 11 is 3.86. The number of halogens is 5. The Bertz CT molecular complexity index is 156. The predicted octanol–water partition coefficient (Wildman–Crippen LogP) is 1.03. The molecule has 0 saturated carbocycles. The molecule has 0 aromatic rings. The third kappa shape index (κ3) is 1.80. The van der Waals surface area contributed by atoms with E-state index in [2.05, 4.69) is 16.7 Å². The van der Waals surface area contributed by atoms with Crippen molar-refractivity contribution in [1.29, 1.82) is 0 Å². The Morgan fingerprint density at radius 3 is 1.60 bits per heavy atom. The number of alkyl halides is 5. The third-order valence-corrected chi connectivity index (χ3v) is 1.69. The molecule has 0 aliphatic heterocycles. The molecule has 0 fully saturated rings. The van der Waals surface area contributed by atoms with Gasteiger partial charge in [-0.25, -0.2) is 9.35 Å². The Hall–Kier alpha value is 0.120. The SMILES string of the molecule is N[S@@](=O)C(F)(F)C(F)(F)Cl. The maximum atomic E-state index is 11.7. The highest BCUT2D eigenvalue weighted by molar-refractivity contribution is 7.83. The molecule has 10 heavy (non-hydrogen) atoms. The largest absolute Gasteiger partial charge is 0.410 e. The second-order valence-corrected chi connectivity index (χ2v) is 2.89. The van der Waals surface area contributed by atoms with Gasteiger partial charge in [-0.1, -0.05) is 0 Å². The quantitative estimate of drug-likeness (QED) is 0.524. The lowest BCUT2D eigenvalue weighted by Gasteiger charge is -2.16. The highest BCUT2D eigenvalue weighted by atomic mass is 35.5. The third-order valence-electron chi connectivity index (χ3n) is 0.583. The van der Waals surface area contributed by atoms with E-state index in [9.17, 15) is 21.8 Å². The minimum absolute atomic E-state index is 3.46. The molecule has 2 nitrogen and oxygen atoms in total. The minimum Gasteiger partial charge on any atom is -0.246 e. The van der Waals surface area contributed by atoms with Crippen LogP contribution in [0.3, 0.4) is 0 Å². The number of rotatable bonds is 2. The standard InChI is InChI=1S/C2H2ClF4NOS/c3-1(4,5)2(6,7)10(8)9/h8H2/t10-/m0/s1. The molecule has 1 atom stereocenters. The van der Waals surface area contributed by atoms with Gasteiger partial charge in [0.1, 0.15) is 0 Å². The zero-order chi connectivity index (χ0) is 8.58. The second kappa shape index (κ2) is 2.63. The summed E-state index contributed by atoms with van der Waals surface area (Å²) in [6, 6.07) is 0. The van der Waals surface area contributed by atoms with E-state index in [4.69, 9.17) is 0 Å². The van der Waals surface area contributed by atoms with E-state index in [1.54, 1.807) is 0 Å². The van der Waals surface area contributed by atoms with Crippen LogP contribution in [0.15, 0.2) is 0 Å². The van der Waals surface area contributed by atoms with Crippen molar-refractivity contribution in [2.24, 2.45) is 5.14 Å². The van der Waals surface area contributed by atoms with Crippen molar-refractivity contribution in [2.45, 2.75) is 10.6 Å². The van der Waals surface area contributed by atoms with Crippen molar-refractivity contribution in [3.05, 3.63) is 0 Å². The van der Waals surface area contributed by atoms with Crippen LogP contribution in [0.25, 0.3) is 0 Å². The molecule has 8 heteroatoms. The van der Waals surface area contributed by atoms with Crippen LogP contribution in [-0.4, -0.2) is 14.8 Å². The molecule has 0 aliphatic carbocycles. The van der Waals surface area contributed by atoms with E-state index >= 15 is 0 Å². The maximum Gasteiger partial charge on any atom is 0.410 e. The van der Waals surface area contributed by atoms with Crippen molar-refractivity contribution >= 4 is 22.6 Å². The molecular formula is C2H2ClF4NOS. The number of nitrogens with two attached hydrogens (primary N) is 1. The van der Waals surface area contributed by atoms with Crippen LogP contribution in [0, 0.1) is 0 Å². The molecule has 0 aliphatic rings. The summed E-state index contributed by atoms with van der Waals surface area (Å²) in [6.45, 7) is 0. The zero-order valence-electron chi connectivity index (χ0n) is 4.28. The first-order valence-corrected chi connectivity index (χ1v) is 3.39. The molecule has 0 unspecified atom stereocenters. The summed E-state index contributed by atoms with van der Waals surface area (Å²) in [7, 11) is -3.46. The fourth-order valence-corrected chi connectivity index (χ4v) is 0.570. The van der Waals surface area contributed by atoms with Crippen LogP contribution in [-0.2, 0) is 11.0 Å². The normalized spacial score (nSPS) is 17.0. The van der Waals surface area contributed by atoms with Crippen LogP contribution >= 0.6 is 11.6 Å². The number of hydrogen-bond acceptors (Lipinski definition) is 1. The van der Waals surface area contributed by atoms with Crippen molar-refractivity contribution in [3.63, 3.8) is 0 Å². The van der Waals surface area contributed by atoms with Gasteiger partial charge in [-0.3, -0.25) is 0 Å². The van der Waals surface area contributed by atoms with E-state index < -0.39 is 21.6 Å². The first-order valence-electron chi connectivity index (χ1n) is 1.80. The molecule has 62 valence electrons. The Morgan fingerprint density at radius 1 is 1.30 bits per heavy atom. The Labute approximate surface area is 60.9 Å². The van der Waals surface area contributed by atoms with E-state index in [0.717, 1.165) is 0 Å². The Morgan fingerprint density at radius 2 is 1.60 bits per heavy atom. The molecule has 2 N–H and O–H groups in total. The molecule has 0 saturated heterocycles. The van der Waals surface area contributed by atoms with Crippen molar-refractivity contribution in [3.8, 4) is 0 Å². The molecular weight excluding hydrogens is 198 g/mol. The van der Waals surface area contributed by atoms with Gasteiger partial charge in [0, 0.05) is 0 Å². The topological polar surface area (TPSA) is 43.1 Å². The Balaban J connectivity index is 4.57. The average Bonchev–Trinajstić information content (AvgIpc) is 1.62. The van der Waals surface area contributed by atoms with E-state index in [-0.39, 0.29) is 0 Å². The lowest BCUT2D eigenvalue weighted by Crippen LogP contribution is -2.42. The lowest BCUT2D eigenvalue weighted by atomic mass is 10.7. The summed E-state index contributed by atoms with van der Waals surface area (Å²) in [5.41, 5.74) is 0. The molecule has 0 rings (SSSR count). The van der Waals surface area contributed by atoms with Crippen LogP contribution < -0.4 is 5.14 Å². The molecule has 0 radical (unpaired) electrons. The lowest BCUT2D eigenvalue weighted by molar-refractivity contribution is -0.0932. The van der Waals surface area contributed by atoms with Crippen LogP contribution in [0.5, 0.6) is 0 Å². The fourth-order valence-electron chi connectivity index (χ4n) is 0.114. The summed E-state index contributed by atoms with van der Waals surface area (Å²) in [4.78, 5) is 0. The monoisotopic (exact) mass is 199 g/mol. The van der Waals surface area contributed by atoms with Crippen molar-refractivity contribution < 1.29 is 21.8 Å². The van der Waals surface area contributed by atoms with Gasteiger partial charge in [0.2, 0.25) is 0 Å². The highest BCUT2D eigenvalue weighted by Crippen LogP contribution is 2.38. The van der Waals surface area contributed by atoms with Gasteiger partial charge in [-0.05, 0) is 11.6 Å². The molecule has 0 aromatic heterocycles. The van der Waals surface area contributed by atoms with Crippen LogP contribution in [0.4, 0.5) is 17.6 Å². The molecule has 0 bridgehead atoms. The fraction of sp³-hybridized carbons (Fsp3) is 1.00. The summed E-state index contributed by atoms with van der Waals surface area (Å²) in [5.74, 6) is 0. The first kappa shape index (κ1) is 10.1. The summed E-state index contributed by atoms with van der Waals surface area (Å²) < 4.78 is 56.2. The molecule has 0 spiro atoms. The highest BCUT2D eigenvalue weighted by Gasteiger charge is 2.59. The average molecular weight is 200 g/mol. The van der Waals surface area contributed by atoms with Gasteiger partial charge in [-0.15, -0.1) is 0 Å². The smallest absolute Gasteiger partial charge is 0.246 e. The second-order valence-electron chi connectivity index (χ2n) is 1.31. The van der Waals surface area contributed by atoms with E-state index in [1.807, 2.05) is 0 Å². The van der Waals surface area contributed by atoms with E-state index in [0.29, 0.717) is 0 Å². The number of hydrogen-bond donors (Lipinski definition) is 1. The van der Waals surface area contributed by atoms with Gasteiger partial charge in [0.05, 0.1) is 0 Å². The predicted molar refractivity (Wildman–Crippen MR) is 28.1 cm³/mol. The molecule has 0 amide bonds. The first-order chi connectivity index (χ1) is 4.19. The van der Waals surface area contributed by atoms with Gasteiger partial charge < -0.3 is 0 Å². The summed E-state index contributed by atoms with van der Waals surface area (Å²) in [5, 5.41) is -5.73.